The van der Waals surface area contributed by atoms with E-state index in [2.05, 4.69) is 46.5 Å². The molecule has 1 atom stereocenters. The van der Waals surface area contributed by atoms with Gasteiger partial charge in [-0.25, -0.2) is 4.98 Å². The second-order valence-corrected chi connectivity index (χ2v) is 7.12. The molecule has 0 saturated carbocycles. The second kappa shape index (κ2) is 5.78. The lowest BCUT2D eigenvalue weighted by Gasteiger charge is -2.11. The van der Waals surface area contributed by atoms with Gasteiger partial charge in [0.05, 0.1) is 29.4 Å². The predicted molar refractivity (Wildman–Crippen MR) is 103 cm³/mol. The van der Waals surface area contributed by atoms with Crippen LogP contribution in [0, 0.1) is 18.3 Å². The maximum absolute atomic E-state index is 9.42. The van der Waals surface area contributed by atoms with Crippen molar-refractivity contribution in [2.75, 3.05) is 0 Å². The number of aryl methyl sites for hydroxylation is 2. The highest BCUT2D eigenvalue weighted by Crippen LogP contribution is 2.39. The van der Waals surface area contributed by atoms with Gasteiger partial charge in [-0.3, -0.25) is 9.78 Å². The molecule has 0 bridgehead atoms. The van der Waals surface area contributed by atoms with Crippen molar-refractivity contribution >= 4 is 11.0 Å². The molecule has 5 rings (SSSR count). The van der Waals surface area contributed by atoms with E-state index in [1.54, 1.807) is 10.9 Å². The van der Waals surface area contributed by atoms with Gasteiger partial charge in [-0.1, -0.05) is 18.2 Å². The van der Waals surface area contributed by atoms with Crippen LogP contribution in [-0.4, -0.2) is 25.0 Å². The molecule has 0 radical (unpaired) electrons. The highest BCUT2D eigenvalue weighted by Gasteiger charge is 2.26. The van der Waals surface area contributed by atoms with Crippen LogP contribution in [0.25, 0.3) is 33.5 Å². The fourth-order valence-electron chi connectivity index (χ4n) is 4.08. The molecule has 4 aromatic rings. The van der Waals surface area contributed by atoms with Gasteiger partial charge in [-0.15, -0.1) is 0 Å². The quantitative estimate of drug-likeness (QED) is 0.592. The molecule has 0 spiro atoms. The Morgan fingerprint density at radius 2 is 2.19 bits per heavy atom. The van der Waals surface area contributed by atoms with Crippen LogP contribution in [0.1, 0.15) is 29.0 Å². The van der Waals surface area contributed by atoms with E-state index in [1.807, 2.05) is 19.3 Å². The van der Waals surface area contributed by atoms with Crippen molar-refractivity contribution in [2.24, 2.45) is 7.05 Å². The van der Waals surface area contributed by atoms with Crippen molar-refractivity contribution in [3.8, 4) is 28.6 Å². The largest absolute Gasteiger partial charge is 0.276 e. The van der Waals surface area contributed by atoms with Gasteiger partial charge in [0.1, 0.15) is 11.2 Å². The third-order valence-electron chi connectivity index (χ3n) is 5.39. The van der Waals surface area contributed by atoms with Crippen molar-refractivity contribution < 1.29 is 0 Å². The van der Waals surface area contributed by atoms with Crippen molar-refractivity contribution in [3.05, 3.63) is 53.3 Å². The van der Waals surface area contributed by atoms with Crippen molar-refractivity contribution in [1.82, 2.24) is 25.0 Å². The third kappa shape index (κ3) is 2.36. The molecule has 1 aromatic carbocycles. The van der Waals surface area contributed by atoms with E-state index < -0.39 is 0 Å². The maximum Gasteiger partial charge on any atom is 0.122 e. The molecule has 1 aliphatic rings. The van der Waals surface area contributed by atoms with Crippen LogP contribution in [0.15, 0.2) is 36.7 Å². The fraction of sp³-hybridized carbons (Fsp3) is 0.238. The normalized spacial score (nSPS) is 15.8. The number of aromatic nitrogens is 5. The number of nitriles is 1. The summed E-state index contributed by atoms with van der Waals surface area (Å²) in [7, 11) is 1.89. The minimum absolute atomic E-state index is 0.0103. The SMILES string of the molecule is Cc1cc2[nH]nc(-c3cnn(C)c3)c2nc1-c1cccc2c1CCC2C#N. The zero-order valence-electron chi connectivity index (χ0n) is 15.2. The highest BCUT2D eigenvalue weighted by atomic mass is 15.2. The fourth-order valence-corrected chi connectivity index (χ4v) is 4.08. The summed E-state index contributed by atoms with van der Waals surface area (Å²) < 4.78 is 1.76. The minimum Gasteiger partial charge on any atom is -0.276 e. The molecular weight excluding hydrogens is 336 g/mol. The molecule has 0 saturated heterocycles. The summed E-state index contributed by atoms with van der Waals surface area (Å²) >= 11 is 0. The Labute approximate surface area is 156 Å². The first kappa shape index (κ1) is 15.8. The van der Waals surface area contributed by atoms with Gasteiger partial charge >= 0.3 is 0 Å². The number of H-pyrrole nitrogens is 1. The topological polar surface area (TPSA) is 83.2 Å². The first-order valence-electron chi connectivity index (χ1n) is 9.02. The molecule has 3 heterocycles. The lowest BCUT2D eigenvalue weighted by atomic mass is 9.95. The summed E-state index contributed by atoms with van der Waals surface area (Å²) in [5.41, 5.74) is 9.09. The summed E-state index contributed by atoms with van der Waals surface area (Å²) in [6, 6.07) is 10.7. The van der Waals surface area contributed by atoms with Crippen LogP contribution in [0.2, 0.25) is 0 Å². The zero-order chi connectivity index (χ0) is 18.5. The monoisotopic (exact) mass is 354 g/mol. The number of rotatable bonds is 2. The average Bonchev–Trinajstić information content (AvgIpc) is 3.38. The molecule has 0 amide bonds. The Hall–Kier alpha value is -3.46. The maximum atomic E-state index is 9.42. The van der Waals surface area contributed by atoms with E-state index in [4.69, 9.17) is 4.98 Å². The molecule has 0 aliphatic heterocycles. The number of nitrogens with zero attached hydrogens (tertiary/aromatic N) is 5. The Morgan fingerprint density at radius 3 is 2.96 bits per heavy atom. The molecule has 1 unspecified atom stereocenters. The minimum atomic E-state index is -0.0103. The number of hydrogen-bond acceptors (Lipinski definition) is 4. The lowest BCUT2D eigenvalue weighted by molar-refractivity contribution is 0.768. The van der Waals surface area contributed by atoms with Crippen LogP contribution in [0.3, 0.4) is 0 Å². The second-order valence-electron chi connectivity index (χ2n) is 7.12. The standard InChI is InChI=1S/C21H18N6/c1-12-8-18-21(20(26-25-18)14-10-23-27(2)11-14)24-19(12)17-5-3-4-15-13(9-22)6-7-16(15)17/h3-5,8,10-11,13H,6-7H2,1-2H3,(H,25,26). The van der Waals surface area contributed by atoms with E-state index in [1.165, 1.54) is 5.56 Å². The number of fused-ring (bicyclic) bond motifs is 2. The lowest BCUT2D eigenvalue weighted by Crippen LogP contribution is -1.95. The summed E-state index contributed by atoms with van der Waals surface area (Å²) in [4.78, 5) is 5.01. The molecule has 3 aromatic heterocycles. The van der Waals surface area contributed by atoms with E-state index in [0.717, 1.165) is 57.5 Å². The van der Waals surface area contributed by atoms with Crippen molar-refractivity contribution in [2.45, 2.75) is 25.7 Å². The third-order valence-corrected chi connectivity index (χ3v) is 5.39. The Morgan fingerprint density at radius 1 is 1.30 bits per heavy atom. The van der Waals surface area contributed by atoms with Gasteiger partial charge in [0, 0.05) is 24.4 Å². The number of nitrogens with one attached hydrogen (secondary N) is 1. The number of aromatic amines is 1. The van der Waals surface area contributed by atoms with Crippen molar-refractivity contribution in [1.29, 1.82) is 5.26 Å². The zero-order valence-corrected chi connectivity index (χ0v) is 15.2. The number of hydrogen-bond donors (Lipinski definition) is 1. The highest BCUT2D eigenvalue weighted by molar-refractivity contribution is 5.92. The van der Waals surface area contributed by atoms with E-state index in [0.29, 0.717) is 0 Å². The van der Waals surface area contributed by atoms with Crippen molar-refractivity contribution in [3.63, 3.8) is 0 Å². The molecule has 1 N–H and O–H groups in total. The van der Waals surface area contributed by atoms with E-state index in [9.17, 15) is 5.26 Å². The summed E-state index contributed by atoms with van der Waals surface area (Å²) in [5.74, 6) is -0.0103. The van der Waals surface area contributed by atoms with E-state index >= 15 is 0 Å². The van der Waals surface area contributed by atoms with Gasteiger partial charge in [-0.05, 0) is 42.5 Å². The molecule has 6 heteroatoms. The van der Waals surface area contributed by atoms with Gasteiger partial charge in [0.15, 0.2) is 0 Å². The predicted octanol–water partition coefficient (Wildman–Crippen LogP) is 3.89. The number of benzene rings is 1. The van der Waals surface area contributed by atoms with Crippen LogP contribution in [0.5, 0.6) is 0 Å². The molecular formula is C21H18N6. The van der Waals surface area contributed by atoms with Crippen LogP contribution in [0.4, 0.5) is 0 Å². The molecule has 27 heavy (non-hydrogen) atoms. The average molecular weight is 354 g/mol. The van der Waals surface area contributed by atoms with Gasteiger partial charge in [0.2, 0.25) is 0 Å². The molecule has 0 fully saturated rings. The van der Waals surface area contributed by atoms with Gasteiger partial charge in [-0.2, -0.15) is 15.5 Å². The summed E-state index contributed by atoms with van der Waals surface area (Å²) in [5, 5.41) is 21.2. The van der Waals surface area contributed by atoms with Crippen LogP contribution >= 0.6 is 0 Å². The first-order chi connectivity index (χ1) is 13.2. The smallest absolute Gasteiger partial charge is 0.122 e. The van der Waals surface area contributed by atoms with E-state index in [-0.39, 0.29) is 5.92 Å². The van der Waals surface area contributed by atoms with Gasteiger partial charge < -0.3 is 0 Å². The first-order valence-corrected chi connectivity index (χ1v) is 9.02. The Kier molecular flexibility index (Phi) is 3.37. The van der Waals surface area contributed by atoms with Gasteiger partial charge in [0.25, 0.3) is 0 Å². The summed E-state index contributed by atoms with van der Waals surface area (Å²) in [6.07, 6.45) is 5.55. The Bertz CT molecular complexity index is 1220. The molecule has 132 valence electrons. The molecule has 1 aliphatic carbocycles. The number of pyridine rings is 1. The van der Waals surface area contributed by atoms with Crippen LogP contribution < -0.4 is 0 Å². The molecule has 6 nitrogen and oxygen atoms in total. The van der Waals surface area contributed by atoms with Crippen LogP contribution in [-0.2, 0) is 13.5 Å². The summed E-state index contributed by atoms with van der Waals surface area (Å²) in [6.45, 7) is 2.07. The Balaban J connectivity index is 1.72.